The monoisotopic (exact) mass is 351 g/mol. The van der Waals surface area contributed by atoms with E-state index < -0.39 is 5.60 Å². The molecule has 1 aromatic carbocycles. The molecule has 0 heterocycles. The van der Waals surface area contributed by atoms with Gasteiger partial charge in [0.15, 0.2) is 0 Å². The summed E-state index contributed by atoms with van der Waals surface area (Å²) in [6, 6.07) is 3.71. The standard InChI is InChI=1S/C13H16BrCl2NO/c14-9-4-5-10(12(16)11(9)15)17-8-13(18)6-2-1-3-7-13/h4-5,17-18H,1-3,6-8H2. The van der Waals surface area contributed by atoms with Gasteiger partial charge in [-0.1, -0.05) is 42.5 Å². The van der Waals surface area contributed by atoms with Crippen LogP contribution < -0.4 is 5.32 Å². The third kappa shape index (κ3) is 3.32. The van der Waals surface area contributed by atoms with Crippen molar-refractivity contribution in [2.45, 2.75) is 37.7 Å². The zero-order valence-electron chi connectivity index (χ0n) is 9.98. The summed E-state index contributed by atoms with van der Waals surface area (Å²) in [5.74, 6) is 0. The van der Waals surface area contributed by atoms with Crippen molar-refractivity contribution in [1.82, 2.24) is 0 Å². The van der Waals surface area contributed by atoms with Gasteiger partial charge >= 0.3 is 0 Å². The Bertz CT molecular complexity index is 433. The van der Waals surface area contributed by atoms with Crippen LogP contribution in [-0.4, -0.2) is 17.3 Å². The first kappa shape index (κ1) is 14.4. The van der Waals surface area contributed by atoms with Crippen molar-refractivity contribution < 1.29 is 5.11 Å². The first-order valence-electron chi connectivity index (χ1n) is 6.12. The van der Waals surface area contributed by atoms with Gasteiger partial charge in [0.1, 0.15) is 0 Å². The van der Waals surface area contributed by atoms with E-state index in [0.29, 0.717) is 16.6 Å². The SMILES string of the molecule is OC1(CNc2ccc(Br)c(Cl)c2Cl)CCCCC1. The molecule has 0 spiro atoms. The largest absolute Gasteiger partial charge is 0.388 e. The maximum Gasteiger partial charge on any atom is 0.0835 e. The van der Waals surface area contributed by atoms with E-state index in [1.807, 2.05) is 12.1 Å². The van der Waals surface area contributed by atoms with Crippen LogP contribution in [0.15, 0.2) is 16.6 Å². The van der Waals surface area contributed by atoms with E-state index in [0.717, 1.165) is 35.8 Å². The third-order valence-electron chi connectivity index (χ3n) is 3.43. The van der Waals surface area contributed by atoms with E-state index in [4.69, 9.17) is 23.2 Å². The number of hydrogen-bond donors (Lipinski definition) is 2. The molecule has 5 heteroatoms. The van der Waals surface area contributed by atoms with Gasteiger partial charge in [0.05, 0.1) is 21.3 Å². The molecular weight excluding hydrogens is 337 g/mol. The van der Waals surface area contributed by atoms with Crippen molar-refractivity contribution in [3.8, 4) is 0 Å². The summed E-state index contributed by atoms with van der Waals surface area (Å²) < 4.78 is 0.774. The van der Waals surface area contributed by atoms with Crippen molar-refractivity contribution in [3.05, 3.63) is 26.7 Å². The molecule has 2 rings (SSSR count). The Morgan fingerprint density at radius 1 is 1.17 bits per heavy atom. The number of nitrogens with one attached hydrogen (secondary N) is 1. The minimum Gasteiger partial charge on any atom is -0.388 e. The Morgan fingerprint density at radius 3 is 2.50 bits per heavy atom. The Balaban J connectivity index is 2.04. The average Bonchev–Trinajstić information content (AvgIpc) is 2.36. The fourth-order valence-electron chi connectivity index (χ4n) is 2.31. The van der Waals surface area contributed by atoms with Crippen molar-refractivity contribution >= 4 is 44.8 Å². The highest BCUT2D eigenvalue weighted by atomic mass is 79.9. The summed E-state index contributed by atoms with van der Waals surface area (Å²) in [5, 5.41) is 14.6. The number of rotatable bonds is 3. The number of hydrogen-bond acceptors (Lipinski definition) is 2. The smallest absolute Gasteiger partial charge is 0.0835 e. The zero-order chi connectivity index (χ0) is 13.2. The minimum atomic E-state index is -0.610. The molecule has 0 saturated heterocycles. The average molecular weight is 353 g/mol. The molecule has 0 radical (unpaired) electrons. The normalized spacial score (nSPS) is 18.7. The van der Waals surface area contributed by atoms with Gasteiger partial charge < -0.3 is 10.4 Å². The molecule has 1 aromatic rings. The van der Waals surface area contributed by atoms with Crippen LogP contribution in [0.5, 0.6) is 0 Å². The van der Waals surface area contributed by atoms with Gasteiger partial charge in [-0.15, -0.1) is 0 Å². The number of benzene rings is 1. The number of aliphatic hydroxyl groups is 1. The highest BCUT2D eigenvalue weighted by Gasteiger charge is 2.29. The molecule has 1 fully saturated rings. The first-order chi connectivity index (χ1) is 8.52. The Morgan fingerprint density at radius 2 is 1.83 bits per heavy atom. The van der Waals surface area contributed by atoms with Gasteiger partial charge in [-0.3, -0.25) is 0 Å². The van der Waals surface area contributed by atoms with Gasteiger partial charge in [-0.05, 0) is 40.9 Å². The molecule has 0 aliphatic heterocycles. The van der Waals surface area contributed by atoms with Gasteiger partial charge in [0.2, 0.25) is 0 Å². The summed E-state index contributed by atoms with van der Waals surface area (Å²) in [6.07, 6.45) is 5.09. The van der Waals surface area contributed by atoms with Crippen molar-refractivity contribution in [2.75, 3.05) is 11.9 Å². The van der Waals surface area contributed by atoms with E-state index in [1.165, 1.54) is 6.42 Å². The Kier molecular flexibility index (Phi) is 4.81. The number of anilines is 1. The molecule has 1 saturated carbocycles. The molecule has 0 atom stereocenters. The topological polar surface area (TPSA) is 32.3 Å². The Hall–Kier alpha value is 0.0400. The fourth-order valence-corrected chi connectivity index (χ4v) is 3.15. The molecule has 0 unspecified atom stereocenters. The van der Waals surface area contributed by atoms with Gasteiger partial charge in [-0.2, -0.15) is 0 Å². The lowest BCUT2D eigenvalue weighted by atomic mass is 9.85. The molecule has 100 valence electrons. The maximum atomic E-state index is 10.4. The summed E-state index contributed by atoms with van der Waals surface area (Å²) in [4.78, 5) is 0. The summed E-state index contributed by atoms with van der Waals surface area (Å²) in [5.41, 5.74) is 0.157. The minimum absolute atomic E-state index is 0.491. The molecule has 1 aliphatic rings. The predicted molar refractivity (Wildman–Crippen MR) is 80.7 cm³/mol. The van der Waals surface area contributed by atoms with E-state index >= 15 is 0 Å². The zero-order valence-corrected chi connectivity index (χ0v) is 13.1. The second-order valence-electron chi connectivity index (χ2n) is 4.86. The fraction of sp³-hybridized carbons (Fsp3) is 0.538. The lowest BCUT2D eigenvalue weighted by Gasteiger charge is -2.32. The van der Waals surface area contributed by atoms with Crippen LogP contribution in [0.3, 0.4) is 0 Å². The summed E-state index contributed by atoms with van der Waals surface area (Å²) in [6.45, 7) is 0.519. The lowest BCUT2D eigenvalue weighted by Crippen LogP contribution is -2.38. The molecule has 2 nitrogen and oxygen atoms in total. The van der Waals surface area contributed by atoms with Crippen molar-refractivity contribution in [1.29, 1.82) is 0 Å². The van der Waals surface area contributed by atoms with Crippen molar-refractivity contribution in [2.24, 2.45) is 0 Å². The van der Waals surface area contributed by atoms with Crippen LogP contribution in [0.2, 0.25) is 10.0 Å². The highest BCUT2D eigenvalue weighted by Crippen LogP contribution is 2.36. The molecule has 18 heavy (non-hydrogen) atoms. The quantitative estimate of drug-likeness (QED) is 0.761. The second kappa shape index (κ2) is 6.00. The van der Waals surface area contributed by atoms with Crippen LogP contribution in [0.4, 0.5) is 5.69 Å². The Labute approximate surface area is 126 Å². The molecule has 0 bridgehead atoms. The summed E-state index contributed by atoms with van der Waals surface area (Å²) in [7, 11) is 0. The highest BCUT2D eigenvalue weighted by molar-refractivity contribution is 9.10. The van der Waals surface area contributed by atoms with Gasteiger partial charge in [-0.25, -0.2) is 0 Å². The van der Waals surface area contributed by atoms with E-state index in [2.05, 4.69) is 21.2 Å². The van der Waals surface area contributed by atoms with Crippen LogP contribution in [0, 0.1) is 0 Å². The van der Waals surface area contributed by atoms with Crippen LogP contribution in [0.1, 0.15) is 32.1 Å². The van der Waals surface area contributed by atoms with Crippen molar-refractivity contribution in [3.63, 3.8) is 0 Å². The van der Waals surface area contributed by atoms with Gasteiger partial charge in [0.25, 0.3) is 0 Å². The predicted octanol–water partition coefficient (Wildman–Crippen LogP) is 4.86. The molecule has 1 aliphatic carbocycles. The number of halogens is 3. The molecule has 0 aromatic heterocycles. The molecule has 0 amide bonds. The van der Waals surface area contributed by atoms with Crippen LogP contribution in [0.25, 0.3) is 0 Å². The maximum absolute atomic E-state index is 10.4. The summed E-state index contributed by atoms with van der Waals surface area (Å²) >= 11 is 15.5. The van der Waals surface area contributed by atoms with E-state index in [1.54, 1.807) is 0 Å². The second-order valence-corrected chi connectivity index (χ2v) is 6.47. The van der Waals surface area contributed by atoms with Crippen LogP contribution in [-0.2, 0) is 0 Å². The van der Waals surface area contributed by atoms with Gasteiger partial charge in [0, 0.05) is 11.0 Å². The third-order valence-corrected chi connectivity index (χ3v) is 5.20. The first-order valence-corrected chi connectivity index (χ1v) is 7.66. The van der Waals surface area contributed by atoms with Crippen LogP contribution >= 0.6 is 39.1 Å². The molecular formula is C13H16BrCl2NO. The molecule has 2 N–H and O–H groups in total. The van der Waals surface area contributed by atoms with E-state index in [-0.39, 0.29) is 0 Å². The lowest BCUT2D eigenvalue weighted by molar-refractivity contribution is 0.0167. The van der Waals surface area contributed by atoms with E-state index in [9.17, 15) is 5.11 Å².